The first-order valence-electron chi connectivity index (χ1n) is 8.58. The molecule has 0 spiro atoms. The number of nitro benzene ring substituents is 1. The molecule has 2 rings (SSSR count). The second-order valence-corrected chi connectivity index (χ2v) is 8.05. The molecule has 0 N–H and O–H groups in total. The maximum absolute atomic E-state index is 13.1. The zero-order valence-electron chi connectivity index (χ0n) is 15.9. The first kappa shape index (κ1) is 21.8. The van der Waals surface area contributed by atoms with Crippen molar-refractivity contribution in [1.82, 2.24) is 0 Å². The van der Waals surface area contributed by atoms with Crippen LogP contribution in [0.2, 0.25) is 0 Å². The molecule has 2 aromatic rings. The average Bonchev–Trinajstić information content (AvgIpc) is 2.68. The number of hydrogen-bond donors (Lipinski definition) is 0. The SMILES string of the molecule is CCOc1ccc(N(CCC#N)C(=O)c2cc([N+](=O)[O-])cc(S(C)(=O)=O)c2)cc1. The summed E-state index contributed by atoms with van der Waals surface area (Å²) >= 11 is 0. The number of carbonyl (C=O) groups is 1. The van der Waals surface area contributed by atoms with E-state index in [4.69, 9.17) is 10.00 Å². The molecule has 0 aliphatic carbocycles. The van der Waals surface area contributed by atoms with Gasteiger partial charge in [0.1, 0.15) is 5.75 Å². The van der Waals surface area contributed by atoms with Gasteiger partial charge in [0.15, 0.2) is 9.84 Å². The molecule has 2 aromatic carbocycles. The number of amides is 1. The summed E-state index contributed by atoms with van der Waals surface area (Å²) < 4.78 is 29.1. The normalized spacial score (nSPS) is 10.8. The molecule has 0 heterocycles. The number of nitriles is 1. The number of nitro groups is 1. The fourth-order valence-corrected chi connectivity index (χ4v) is 3.26. The Bertz CT molecular complexity index is 1060. The zero-order valence-corrected chi connectivity index (χ0v) is 16.7. The third kappa shape index (κ3) is 5.52. The molecule has 0 atom stereocenters. The van der Waals surface area contributed by atoms with Crippen molar-refractivity contribution in [2.24, 2.45) is 0 Å². The molecule has 1 amide bonds. The summed E-state index contributed by atoms with van der Waals surface area (Å²) in [6.07, 6.45) is 0.924. The van der Waals surface area contributed by atoms with Crippen LogP contribution in [0.4, 0.5) is 11.4 Å². The van der Waals surface area contributed by atoms with Crippen molar-refractivity contribution >= 4 is 27.1 Å². The van der Waals surface area contributed by atoms with Crippen molar-refractivity contribution in [3.05, 3.63) is 58.1 Å². The van der Waals surface area contributed by atoms with E-state index in [2.05, 4.69) is 0 Å². The second-order valence-electron chi connectivity index (χ2n) is 6.04. The van der Waals surface area contributed by atoms with Crippen LogP contribution in [-0.2, 0) is 9.84 Å². The van der Waals surface area contributed by atoms with Crippen molar-refractivity contribution in [2.75, 3.05) is 24.3 Å². The van der Waals surface area contributed by atoms with E-state index >= 15 is 0 Å². The number of anilines is 1. The zero-order chi connectivity index (χ0) is 21.6. The minimum absolute atomic E-state index is 0.0206. The van der Waals surface area contributed by atoms with Crippen LogP contribution in [0.1, 0.15) is 23.7 Å². The summed E-state index contributed by atoms with van der Waals surface area (Å²) in [6.45, 7) is 2.33. The van der Waals surface area contributed by atoms with E-state index in [-0.39, 0.29) is 23.4 Å². The van der Waals surface area contributed by atoms with Crippen LogP contribution in [0.25, 0.3) is 0 Å². The van der Waals surface area contributed by atoms with E-state index in [1.165, 1.54) is 4.90 Å². The van der Waals surface area contributed by atoms with Crippen LogP contribution in [0, 0.1) is 21.4 Å². The molecule has 0 aromatic heterocycles. The van der Waals surface area contributed by atoms with Crippen molar-refractivity contribution < 1.29 is 22.9 Å². The second kappa shape index (κ2) is 9.16. The Kier molecular flexibility index (Phi) is 6.90. The molecule has 0 bridgehead atoms. The lowest BCUT2D eigenvalue weighted by Gasteiger charge is -2.22. The molecular formula is C19H19N3O6S. The molecule has 0 saturated carbocycles. The third-order valence-corrected chi connectivity index (χ3v) is 5.02. The maximum atomic E-state index is 13.1. The number of sulfone groups is 1. The summed E-state index contributed by atoms with van der Waals surface area (Å²) in [6, 6.07) is 11.5. The number of hydrogen-bond acceptors (Lipinski definition) is 7. The van der Waals surface area contributed by atoms with E-state index in [0.29, 0.717) is 18.0 Å². The highest BCUT2D eigenvalue weighted by Crippen LogP contribution is 2.25. The lowest BCUT2D eigenvalue weighted by Crippen LogP contribution is -2.32. The van der Waals surface area contributed by atoms with Gasteiger partial charge in [-0.05, 0) is 37.3 Å². The Labute approximate surface area is 168 Å². The number of ether oxygens (including phenoxy) is 1. The summed E-state index contributed by atoms with van der Waals surface area (Å²) in [4.78, 5) is 24.5. The van der Waals surface area contributed by atoms with Gasteiger partial charge in [-0.2, -0.15) is 5.26 Å². The molecule has 0 radical (unpaired) electrons. The highest BCUT2D eigenvalue weighted by molar-refractivity contribution is 7.90. The fraction of sp³-hybridized carbons (Fsp3) is 0.263. The maximum Gasteiger partial charge on any atom is 0.271 e. The molecule has 152 valence electrons. The van der Waals surface area contributed by atoms with Gasteiger partial charge >= 0.3 is 0 Å². The molecule has 0 fully saturated rings. The third-order valence-electron chi connectivity index (χ3n) is 3.93. The highest BCUT2D eigenvalue weighted by Gasteiger charge is 2.23. The van der Waals surface area contributed by atoms with Crippen LogP contribution >= 0.6 is 0 Å². The summed E-state index contributed by atoms with van der Waals surface area (Å²) in [5.74, 6) is -0.0587. The minimum Gasteiger partial charge on any atom is -0.494 e. The average molecular weight is 417 g/mol. The van der Waals surface area contributed by atoms with Crippen LogP contribution in [0.3, 0.4) is 0 Å². The van der Waals surface area contributed by atoms with Gasteiger partial charge in [-0.15, -0.1) is 0 Å². The van der Waals surface area contributed by atoms with E-state index in [9.17, 15) is 23.3 Å². The Morgan fingerprint density at radius 1 is 1.24 bits per heavy atom. The van der Waals surface area contributed by atoms with Crippen LogP contribution in [0.15, 0.2) is 47.4 Å². The van der Waals surface area contributed by atoms with Gasteiger partial charge in [-0.25, -0.2) is 8.42 Å². The molecule has 0 aliphatic rings. The standard InChI is InChI=1S/C19H19N3O6S/c1-3-28-17-7-5-15(6-8-17)21(10-4-9-20)19(23)14-11-16(22(24)25)13-18(12-14)29(2,26)27/h5-8,11-13H,3-4,10H2,1-2H3. The van der Waals surface area contributed by atoms with Gasteiger partial charge in [0.25, 0.3) is 11.6 Å². The number of non-ortho nitro benzene ring substituents is 1. The highest BCUT2D eigenvalue weighted by atomic mass is 32.2. The summed E-state index contributed by atoms with van der Waals surface area (Å²) in [5.41, 5.74) is -0.226. The molecule has 0 unspecified atom stereocenters. The molecule has 10 heteroatoms. The van der Waals surface area contributed by atoms with Crippen LogP contribution < -0.4 is 9.64 Å². The Morgan fingerprint density at radius 2 is 1.90 bits per heavy atom. The van der Waals surface area contributed by atoms with Crippen molar-refractivity contribution in [1.29, 1.82) is 5.26 Å². The molecular weight excluding hydrogens is 398 g/mol. The fourth-order valence-electron chi connectivity index (χ4n) is 2.58. The van der Waals surface area contributed by atoms with Crippen LogP contribution in [-0.4, -0.2) is 38.7 Å². The van der Waals surface area contributed by atoms with Gasteiger partial charge in [0.2, 0.25) is 0 Å². The minimum atomic E-state index is -3.78. The van der Waals surface area contributed by atoms with E-state index < -0.39 is 26.4 Å². The monoisotopic (exact) mass is 417 g/mol. The van der Waals surface area contributed by atoms with E-state index in [1.54, 1.807) is 24.3 Å². The Balaban J connectivity index is 2.52. The number of nitrogens with zero attached hydrogens (tertiary/aromatic N) is 3. The first-order chi connectivity index (χ1) is 13.7. The smallest absolute Gasteiger partial charge is 0.271 e. The van der Waals surface area contributed by atoms with Gasteiger partial charge < -0.3 is 9.64 Å². The van der Waals surface area contributed by atoms with E-state index in [1.807, 2.05) is 13.0 Å². The lowest BCUT2D eigenvalue weighted by molar-refractivity contribution is -0.385. The predicted molar refractivity (Wildman–Crippen MR) is 106 cm³/mol. The van der Waals surface area contributed by atoms with Gasteiger partial charge in [0, 0.05) is 36.2 Å². The van der Waals surface area contributed by atoms with Gasteiger partial charge in [0.05, 0.1) is 28.9 Å². The molecule has 9 nitrogen and oxygen atoms in total. The number of rotatable bonds is 8. The van der Waals surface area contributed by atoms with Gasteiger partial charge in [-0.3, -0.25) is 14.9 Å². The molecule has 0 aliphatic heterocycles. The molecule has 0 saturated heterocycles. The summed E-state index contributed by atoms with van der Waals surface area (Å²) in [7, 11) is -3.78. The Morgan fingerprint density at radius 3 is 2.41 bits per heavy atom. The summed E-state index contributed by atoms with van der Waals surface area (Å²) in [5, 5.41) is 20.1. The Hall–Kier alpha value is -3.45. The van der Waals surface area contributed by atoms with Gasteiger partial charge in [-0.1, -0.05) is 0 Å². The van der Waals surface area contributed by atoms with E-state index in [0.717, 1.165) is 24.5 Å². The quantitative estimate of drug-likeness (QED) is 0.476. The number of benzene rings is 2. The molecule has 29 heavy (non-hydrogen) atoms. The van der Waals surface area contributed by atoms with Crippen molar-refractivity contribution in [3.63, 3.8) is 0 Å². The van der Waals surface area contributed by atoms with Crippen molar-refractivity contribution in [3.8, 4) is 11.8 Å². The predicted octanol–water partition coefficient (Wildman–Crippen LogP) is 2.96. The lowest BCUT2D eigenvalue weighted by atomic mass is 10.1. The van der Waals surface area contributed by atoms with Crippen LogP contribution in [0.5, 0.6) is 5.75 Å². The topological polar surface area (TPSA) is 131 Å². The van der Waals surface area contributed by atoms with Crippen molar-refractivity contribution in [2.45, 2.75) is 18.2 Å². The number of carbonyl (C=O) groups excluding carboxylic acids is 1. The largest absolute Gasteiger partial charge is 0.494 e. The first-order valence-corrected chi connectivity index (χ1v) is 10.5.